The van der Waals surface area contributed by atoms with Crippen LogP contribution in [0.4, 0.5) is 5.69 Å². The second kappa shape index (κ2) is 10.2. The molecule has 1 aliphatic rings. The molecule has 0 radical (unpaired) electrons. The highest BCUT2D eigenvalue weighted by Crippen LogP contribution is 2.41. The number of hydrogen-bond acceptors (Lipinski definition) is 3. The van der Waals surface area contributed by atoms with Crippen LogP contribution < -0.4 is 10.6 Å². The van der Waals surface area contributed by atoms with Crippen LogP contribution in [0, 0.1) is 40.5 Å². The van der Waals surface area contributed by atoms with E-state index in [1.54, 1.807) is 18.2 Å². The molecule has 0 aliphatic carbocycles. The molecule has 2 unspecified atom stereocenters. The Hall–Kier alpha value is -3.61. The van der Waals surface area contributed by atoms with Crippen molar-refractivity contribution >= 4 is 40.5 Å². The first-order valence-electron chi connectivity index (χ1n) is 12.8. The van der Waals surface area contributed by atoms with Gasteiger partial charge in [0, 0.05) is 32.9 Å². The second-order valence-electron chi connectivity index (χ2n) is 10.3. The third-order valence-corrected chi connectivity index (χ3v) is 8.29. The Morgan fingerprint density at radius 1 is 0.795 bits per heavy atom. The lowest BCUT2D eigenvalue weighted by atomic mass is 9.78. The lowest BCUT2D eigenvalue weighted by Gasteiger charge is -2.24. The molecule has 5 rings (SSSR count). The van der Waals surface area contributed by atoms with Crippen LogP contribution >= 0.6 is 23.2 Å². The van der Waals surface area contributed by atoms with Crippen molar-refractivity contribution in [3.8, 4) is 5.69 Å². The number of halogens is 2. The van der Waals surface area contributed by atoms with Gasteiger partial charge in [-0.05, 0) is 106 Å². The molecule has 4 aromatic rings. The summed E-state index contributed by atoms with van der Waals surface area (Å²) >= 11 is 13.0. The molecule has 6 nitrogen and oxygen atoms in total. The summed E-state index contributed by atoms with van der Waals surface area (Å²) < 4.78 is 1.53. The van der Waals surface area contributed by atoms with E-state index < -0.39 is 11.8 Å². The predicted molar refractivity (Wildman–Crippen MR) is 159 cm³/mol. The Balaban J connectivity index is 1.68. The molecule has 2 atom stereocenters. The van der Waals surface area contributed by atoms with Crippen molar-refractivity contribution in [1.29, 1.82) is 0 Å². The van der Waals surface area contributed by atoms with Gasteiger partial charge in [-0.2, -0.15) is 5.10 Å². The predicted octanol–water partition coefficient (Wildman–Crippen LogP) is 7.19. The standard InChI is InChI=1S/C31H30Cl2N4O2/c1-16-7-10-23(13-18(16)3)36-30(38)27(20(5)34-36)29(25-12-9-22(32)15-26(25)33)28-21(6)35-37(31(28)39)24-11-8-17(2)19(4)14-24/h7-15,27,29,35H,1-6H3. The number of carbonyl (C=O) groups excluding carboxylic acids is 1. The second-order valence-corrected chi connectivity index (χ2v) is 11.2. The minimum atomic E-state index is -0.735. The van der Waals surface area contributed by atoms with Crippen molar-refractivity contribution in [3.05, 3.63) is 114 Å². The monoisotopic (exact) mass is 560 g/mol. The zero-order valence-electron chi connectivity index (χ0n) is 22.8. The molecule has 200 valence electrons. The van der Waals surface area contributed by atoms with Crippen molar-refractivity contribution in [2.75, 3.05) is 5.01 Å². The average Bonchev–Trinajstić information content (AvgIpc) is 3.34. The number of hydrazone groups is 1. The third-order valence-electron chi connectivity index (χ3n) is 7.73. The van der Waals surface area contributed by atoms with Gasteiger partial charge in [-0.15, -0.1) is 0 Å². The number of anilines is 1. The van der Waals surface area contributed by atoms with E-state index in [2.05, 4.69) is 10.2 Å². The van der Waals surface area contributed by atoms with Crippen molar-refractivity contribution in [2.24, 2.45) is 11.0 Å². The van der Waals surface area contributed by atoms with Crippen LogP contribution in [0.15, 0.2) is 64.5 Å². The summed E-state index contributed by atoms with van der Waals surface area (Å²) in [7, 11) is 0. The van der Waals surface area contributed by atoms with Gasteiger partial charge in [-0.25, -0.2) is 9.69 Å². The van der Waals surface area contributed by atoms with Gasteiger partial charge in [0.05, 0.1) is 17.3 Å². The quantitative estimate of drug-likeness (QED) is 0.280. The first-order valence-corrected chi connectivity index (χ1v) is 13.5. The maximum absolute atomic E-state index is 14.1. The van der Waals surface area contributed by atoms with E-state index in [-0.39, 0.29) is 11.5 Å². The smallest absolute Gasteiger partial charge is 0.275 e. The summed E-state index contributed by atoms with van der Waals surface area (Å²) in [6.45, 7) is 11.7. The molecule has 39 heavy (non-hydrogen) atoms. The fraction of sp³-hybridized carbons (Fsp3) is 0.258. The Morgan fingerprint density at radius 3 is 2.03 bits per heavy atom. The van der Waals surface area contributed by atoms with Gasteiger partial charge in [0.25, 0.3) is 11.5 Å². The van der Waals surface area contributed by atoms with E-state index in [0.717, 1.165) is 27.9 Å². The van der Waals surface area contributed by atoms with Gasteiger partial charge in [0.2, 0.25) is 0 Å². The normalized spacial score (nSPS) is 16.1. The van der Waals surface area contributed by atoms with Crippen molar-refractivity contribution < 1.29 is 4.79 Å². The minimum Gasteiger partial charge on any atom is -0.295 e. The lowest BCUT2D eigenvalue weighted by molar-refractivity contribution is -0.120. The van der Waals surface area contributed by atoms with Crippen molar-refractivity contribution in [2.45, 2.75) is 47.5 Å². The summed E-state index contributed by atoms with van der Waals surface area (Å²) in [5.74, 6) is -1.63. The molecule has 1 aliphatic heterocycles. The largest absolute Gasteiger partial charge is 0.295 e. The highest BCUT2D eigenvalue weighted by molar-refractivity contribution is 6.35. The van der Waals surface area contributed by atoms with Gasteiger partial charge >= 0.3 is 0 Å². The van der Waals surface area contributed by atoms with Crippen LogP contribution in [-0.2, 0) is 4.79 Å². The van der Waals surface area contributed by atoms with Crippen LogP contribution in [0.3, 0.4) is 0 Å². The number of H-pyrrole nitrogens is 1. The molecule has 0 bridgehead atoms. The average molecular weight is 562 g/mol. The maximum atomic E-state index is 14.1. The van der Waals surface area contributed by atoms with Gasteiger partial charge < -0.3 is 0 Å². The number of carbonyl (C=O) groups is 1. The number of aromatic amines is 1. The zero-order chi connectivity index (χ0) is 28.2. The van der Waals surface area contributed by atoms with E-state index in [1.807, 2.05) is 77.9 Å². The van der Waals surface area contributed by atoms with E-state index >= 15 is 0 Å². The topological polar surface area (TPSA) is 70.5 Å². The summed E-state index contributed by atoms with van der Waals surface area (Å²) in [5, 5.41) is 10.2. The van der Waals surface area contributed by atoms with E-state index in [4.69, 9.17) is 23.2 Å². The first-order chi connectivity index (χ1) is 18.5. The molecule has 8 heteroatoms. The zero-order valence-corrected chi connectivity index (χ0v) is 24.3. The van der Waals surface area contributed by atoms with Crippen LogP contribution in [0.25, 0.3) is 5.69 Å². The number of aromatic nitrogens is 2. The summed E-state index contributed by atoms with van der Waals surface area (Å²) in [6.07, 6.45) is 0. The fourth-order valence-corrected chi connectivity index (χ4v) is 5.76. The summed E-state index contributed by atoms with van der Waals surface area (Å²) in [4.78, 5) is 28.2. The van der Waals surface area contributed by atoms with E-state index in [9.17, 15) is 9.59 Å². The maximum Gasteiger partial charge on any atom is 0.275 e. The summed E-state index contributed by atoms with van der Waals surface area (Å²) in [6, 6.07) is 16.8. The Kier molecular flexibility index (Phi) is 7.04. The number of benzene rings is 3. The number of aryl methyl sites for hydroxylation is 5. The van der Waals surface area contributed by atoms with Crippen molar-refractivity contribution in [1.82, 2.24) is 9.78 Å². The number of hydrogen-bond donors (Lipinski definition) is 1. The Morgan fingerprint density at radius 2 is 1.41 bits per heavy atom. The molecule has 0 spiro atoms. The van der Waals surface area contributed by atoms with Crippen LogP contribution in [0.2, 0.25) is 10.0 Å². The van der Waals surface area contributed by atoms with Gasteiger partial charge in [0.15, 0.2) is 0 Å². The van der Waals surface area contributed by atoms with E-state index in [1.165, 1.54) is 9.69 Å². The third kappa shape index (κ3) is 4.72. The molecule has 0 saturated carbocycles. The molecule has 1 amide bonds. The highest BCUT2D eigenvalue weighted by Gasteiger charge is 2.44. The Labute approximate surface area is 237 Å². The SMILES string of the molecule is CC1=NN(c2ccc(C)c(C)c2)C(=O)C1C(c1ccc(Cl)cc1Cl)c1c(C)[nH]n(-c2ccc(C)c(C)c2)c1=O. The van der Waals surface area contributed by atoms with Gasteiger partial charge in [-0.3, -0.25) is 14.7 Å². The van der Waals surface area contributed by atoms with Gasteiger partial charge in [0.1, 0.15) is 0 Å². The number of amides is 1. The first kappa shape index (κ1) is 27.0. The van der Waals surface area contributed by atoms with Crippen LogP contribution in [-0.4, -0.2) is 21.4 Å². The molecule has 0 saturated heterocycles. The number of nitrogens with one attached hydrogen (secondary N) is 1. The van der Waals surface area contributed by atoms with E-state index in [0.29, 0.717) is 38.3 Å². The minimum absolute atomic E-state index is 0.218. The van der Waals surface area contributed by atoms with Crippen molar-refractivity contribution in [3.63, 3.8) is 0 Å². The summed E-state index contributed by atoms with van der Waals surface area (Å²) in [5.41, 5.74) is 7.93. The lowest BCUT2D eigenvalue weighted by Crippen LogP contribution is -2.34. The molecular formula is C31H30Cl2N4O2. The Bertz CT molecular complexity index is 1720. The fourth-order valence-electron chi connectivity index (χ4n) is 5.23. The molecule has 2 heterocycles. The van der Waals surface area contributed by atoms with Gasteiger partial charge in [-0.1, -0.05) is 41.4 Å². The molecule has 3 aromatic carbocycles. The molecular weight excluding hydrogens is 531 g/mol. The molecule has 1 N–H and O–H groups in total. The highest BCUT2D eigenvalue weighted by atomic mass is 35.5. The number of nitrogens with zero attached hydrogens (tertiary/aromatic N) is 3. The number of rotatable bonds is 5. The van der Waals surface area contributed by atoms with Crippen LogP contribution in [0.5, 0.6) is 0 Å². The molecule has 0 fully saturated rings. The van der Waals surface area contributed by atoms with Crippen LogP contribution in [0.1, 0.15) is 51.9 Å². The molecule has 1 aromatic heterocycles.